The summed E-state index contributed by atoms with van der Waals surface area (Å²) in [6, 6.07) is 8.27. The highest BCUT2D eigenvalue weighted by Crippen LogP contribution is 2.26. The van der Waals surface area contributed by atoms with Crippen LogP contribution in [0.5, 0.6) is 0 Å². The number of tetrazole rings is 1. The van der Waals surface area contributed by atoms with Gasteiger partial charge in [0.2, 0.25) is 5.16 Å². The van der Waals surface area contributed by atoms with Crippen LogP contribution in [-0.2, 0) is 0 Å². The van der Waals surface area contributed by atoms with E-state index in [0.29, 0.717) is 10.9 Å². The van der Waals surface area contributed by atoms with Crippen molar-refractivity contribution >= 4 is 17.5 Å². The molecular formula is C21H24N4OS. The second-order valence-electron chi connectivity index (χ2n) is 7.01. The van der Waals surface area contributed by atoms with Crippen molar-refractivity contribution in [2.75, 3.05) is 5.75 Å². The zero-order chi connectivity index (χ0) is 19.7. The zero-order valence-electron chi connectivity index (χ0n) is 16.6. The minimum Gasteiger partial charge on any atom is -0.293 e. The van der Waals surface area contributed by atoms with Crippen molar-refractivity contribution in [1.82, 2.24) is 20.2 Å². The molecule has 0 aliphatic carbocycles. The highest BCUT2D eigenvalue weighted by molar-refractivity contribution is 7.99. The van der Waals surface area contributed by atoms with Gasteiger partial charge in [-0.2, -0.15) is 4.68 Å². The van der Waals surface area contributed by atoms with E-state index < -0.39 is 0 Å². The van der Waals surface area contributed by atoms with Crippen LogP contribution < -0.4 is 0 Å². The van der Waals surface area contributed by atoms with Crippen LogP contribution in [0.4, 0.5) is 0 Å². The predicted molar refractivity (Wildman–Crippen MR) is 109 cm³/mol. The Morgan fingerprint density at radius 1 is 0.963 bits per heavy atom. The molecule has 0 bridgehead atoms. The third-order valence-electron chi connectivity index (χ3n) is 5.00. The Bertz CT molecular complexity index is 997. The highest BCUT2D eigenvalue weighted by Gasteiger charge is 2.18. The summed E-state index contributed by atoms with van der Waals surface area (Å²) < 4.78 is 1.70. The monoisotopic (exact) mass is 380 g/mol. The maximum absolute atomic E-state index is 12.9. The van der Waals surface area contributed by atoms with Crippen LogP contribution in [0, 0.1) is 41.5 Å². The van der Waals surface area contributed by atoms with Crippen LogP contribution in [-0.4, -0.2) is 31.7 Å². The fourth-order valence-electron chi connectivity index (χ4n) is 3.30. The first kappa shape index (κ1) is 19.3. The first-order valence-corrected chi connectivity index (χ1v) is 9.87. The Hall–Kier alpha value is -2.47. The standard InChI is InChI=1S/C21H24N4OS/c1-12-7-8-18(15(4)9-12)25-21(22-23-24-25)27-11-19(26)20-16(5)13(2)10-14(3)17(20)6/h7-10H,11H2,1-6H3. The summed E-state index contributed by atoms with van der Waals surface area (Å²) in [7, 11) is 0. The molecule has 3 aromatic rings. The van der Waals surface area contributed by atoms with Gasteiger partial charge in [0.05, 0.1) is 11.4 Å². The molecule has 27 heavy (non-hydrogen) atoms. The lowest BCUT2D eigenvalue weighted by Gasteiger charge is -2.14. The van der Waals surface area contributed by atoms with Gasteiger partial charge in [-0.25, -0.2) is 0 Å². The SMILES string of the molecule is Cc1ccc(-n2nnnc2SCC(=O)c2c(C)c(C)cc(C)c2C)c(C)c1. The van der Waals surface area contributed by atoms with Gasteiger partial charge < -0.3 is 0 Å². The average Bonchev–Trinajstić information content (AvgIpc) is 3.07. The van der Waals surface area contributed by atoms with Crippen LogP contribution in [0.2, 0.25) is 0 Å². The Morgan fingerprint density at radius 2 is 1.63 bits per heavy atom. The van der Waals surface area contributed by atoms with Crippen molar-refractivity contribution in [2.45, 2.75) is 46.7 Å². The van der Waals surface area contributed by atoms with Crippen LogP contribution in [0.1, 0.15) is 43.7 Å². The topological polar surface area (TPSA) is 60.7 Å². The number of aromatic nitrogens is 4. The Labute approximate surface area is 164 Å². The number of hydrogen-bond acceptors (Lipinski definition) is 5. The van der Waals surface area contributed by atoms with Crippen molar-refractivity contribution < 1.29 is 4.79 Å². The van der Waals surface area contributed by atoms with E-state index in [1.165, 1.54) is 17.3 Å². The van der Waals surface area contributed by atoms with Gasteiger partial charge in [0.1, 0.15) is 0 Å². The fraction of sp³-hybridized carbons (Fsp3) is 0.333. The molecular weight excluding hydrogens is 356 g/mol. The lowest BCUT2D eigenvalue weighted by atomic mass is 9.92. The number of carbonyl (C=O) groups is 1. The Kier molecular flexibility index (Phi) is 5.46. The first-order chi connectivity index (χ1) is 12.8. The minimum atomic E-state index is 0.108. The fourth-order valence-corrected chi connectivity index (χ4v) is 4.06. The highest BCUT2D eigenvalue weighted by atomic mass is 32.2. The van der Waals surface area contributed by atoms with Gasteiger partial charge in [-0.1, -0.05) is 35.5 Å². The molecule has 0 aliphatic heterocycles. The van der Waals surface area contributed by atoms with Crippen molar-refractivity contribution in [2.24, 2.45) is 0 Å². The number of benzene rings is 2. The molecule has 1 aromatic heterocycles. The lowest BCUT2D eigenvalue weighted by molar-refractivity contribution is 0.102. The summed E-state index contributed by atoms with van der Waals surface area (Å²) in [5, 5.41) is 12.7. The molecule has 0 saturated carbocycles. The van der Waals surface area contributed by atoms with Gasteiger partial charge in [0, 0.05) is 5.56 Å². The largest absolute Gasteiger partial charge is 0.293 e. The van der Waals surface area contributed by atoms with E-state index in [1.54, 1.807) is 4.68 Å². The average molecular weight is 381 g/mol. The molecule has 5 nitrogen and oxygen atoms in total. The van der Waals surface area contributed by atoms with Gasteiger partial charge in [0.15, 0.2) is 5.78 Å². The maximum Gasteiger partial charge on any atom is 0.214 e. The quantitative estimate of drug-likeness (QED) is 0.482. The molecule has 0 N–H and O–H groups in total. The molecule has 0 fully saturated rings. The number of thioether (sulfide) groups is 1. The first-order valence-electron chi connectivity index (χ1n) is 8.89. The van der Waals surface area contributed by atoms with Gasteiger partial charge in [0.25, 0.3) is 0 Å². The number of nitrogens with zero attached hydrogens (tertiary/aromatic N) is 4. The van der Waals surface area contributed by atoms with E-state index in [9.17, 15) is 4.79 Å². The van der Waals surface area contributed by atoms with Crippen molar-refractivity contribution in [3.63, 3.8) is 0 Å². The molecule has 0 aliphatic rings. The molecule has 0 unspecified atom stereocenters. The van der Waals surface area contributed by atoms with Crippen LogP contribution in [0.3, 0.4) is 0 Å². The van der Waals surface area contributed by atoms with Gasteiger partial charge in [-0.3, -0.25) is 4.79 Å². The van der Waals surface area contributed by atoms with Crippen molar-refractivity contribution in [3.8, 4) is 5.69 Å². The zero-order valence-corrected chi connectivity index (χ0v) is 17.4. The minimum absolute atomic E-state index is 0.108. The second-order valence-corrected chi connectivity index (χ2v) is 7.95. The molecule has 6 heteroatoms. The van der Waals surface area contributed by atoms with Gasteiger partial charge in [-0.05, 0) is 85.9 Å². The molecule has 0 saturated heterocycles. The molecule has 2 aromatic carbocycles. The van der Waals surface area contributed by atoms with Crippen molar-refractivity contribution in [3.05, 3.63) is 63.2 Å². The summed E-state index contributed by atoms with van der Waals surface area (Å²) in [6.45, 7) is 12.2. The summed E-state index contributed by atoms with van der Waals surface area (Å²) in [4.78, 5) is 12.9. The van der Waals surface area contributed by atoms with Gasteiger partial charge >= 0.3 is 0 Å². The van der Waals surface area contributed by atoms with Crippen LogP contribution >= 0.6 is 11.8 Å². The lowest BCUT2D eigenvalue weighted by Crippen LogP contribution is -2.11. The molecule has 0 radical (unpaired) electrons. The smallest absolute Gasteiger partial charge is 0.214 e. The summed E-state index contributed by atoms with van der Waals surface area (Å²) in [5.74, 6) is 0.410. The number of Topliss-reactive ketones (excluding diaryl/α,β-unsaturated/α-hetero) is 1. The van der Waals surface area contributed by atoms with E-state index in [1.807, 2.05) is 46.8 Å². The van der Waals surface area contributed by atoms with Crippen molar-refractivity contribution in [1.29, 1.82) is 0 Å². The molecule has 140 valence electrons. The number of rotatable bonds is 5. The molecule has 1 heterocycles. The molecule has 3 rings (SSSR count). The van der Waals surface area contributed by atoms with Gasteiger partial charge in [-0.15, -0.1) is 5.10 Å². The van der Waals surface area contributed by atoms with Crippen LogP contribution in [0.25, 0.3) is 5.69 Å². The predicted octanol–water partition coefficient (Wildman–Crippen LogP) is 4.49. The molecule has 0 amide bonds. The Balaban J connectivity index is 1.85. The normalized spacial score (nSPS) is 11.0. The number of hydrogen-bond donors (Lipinski definition) is 0. The third kappa shape index (κ3) is 3.81. The summed E-state index contributed by atoms with van der Waals surface area (Å²) >= 11 is 1.37. The van der Waals surface area contributed by atoms with E-state index in [4.69, 9.17) is 0 Å². The molecule has 0 atom stereocenters. The third-order valence-corrected chi connectivity index (χ3v) is 5.92. The number of aryl methyl sites for hydroxylation is 4. The Morgan fingerprint density at radius 3 is 2.26 bits per heavy atom. The number of ketones is 1. The van der Waals surface area contributed by atoms with E-state index in [0.717, 1.165) is 39.1 Å². The maximum atomic E-state index is 12.9. The molecule has 0 spiro atoms. The van der Waals surface area contributed by atoms with E-state index in [2.05, 4.69) is 34.6 Å². The van der Waals surface area contributed by atoms with E-state index in [-0.39, 0.29) is 5.78 Å². The summed E-state index contributed by atoms with van der Waals surface area (Å²) in [6.07, 6.45) is 0. The second kappa shape index (κ2) is 7.64. The summed E-state index contributed by atoms with van der Waals surface area (Å²) in [5.41, 5.74) is 8.43. The number of carbonyl (C=O) groups excluding carboxylic acids is 1. The van der Waals surface area contributed by atoms with E-state index >= 15 is 0 Å². The van der Waals surface area contributed by atoms with Crippen LogP contribution in [0.15, 0.2) is 29.4 Å².